The summed E-state index contributed by atoms with van der Waals surface area (Å²) in [7, 11) is 0. The highest BCUT2D eigenvalue weighted by atomic mass is 19.3. The van der Waals surface area contributed by atoms with Gasteiger partial charge in [-0.25, -0.2) is 15.0 Å². The number of carbonyl (C=O) groups is 1. The highest BCUT2D eigenvalue weighted by Crippen LogP contribution is 2.51. The molecule has 0 unspecified atom stereocenters. The van der Waals surface area contributed by atoms with Crippen LogP contribution in [0.1, 0.15) is 65.8 Å². The molecule has 3 aliphatic rings. The van der Waals surface area contributed by atoms with Gasteiger partial charge < -0.3 is 20.4 Å². The Labute approximate surface area is 221 Å². The van der Waals surface area contributed by atoms with Gasteiger partial charge in [0.2, 0.25) is 0 Å². The molecule has 1 aliphatic carbocycles. The Morgan fingerprint density at radius 1 is 1.21 bits per heavy atom. The van der Waals surface area contributed by atoms with Crippen LogP contribution >= 0.6 is 0 Å². The first-order valence-corrected chi connectivity index (χ1v) is 12.6. The number of rotatable bonds is 4. The Morgan fingerprint density at radius 2 is 1.97 bits per heavy atom. The number of hydrogen-bond donors (Lipinski definition) is 2. The summed E-state index contributed by atoms with van der Waals surface area (Å²) in [6, 6.07) is 11.9. The maximum Gasteiger partial charge on any atom is 0.387 e. The minimum atomic E-state index is -3.02. The number of nitrogens with two attached hydrogens (primary N) is 1. The molecule has 2 atom stereocenters. The number of halogens is 2. The third kappa shape index (κ3) is 3.51. The van der Waals surface area contributed by atoms with Crippen molar-refractivity contribution in [3.05, 3.63) is 71.6 Å². The largest absolute Gasteiger partial charge is 0.434 e. The van der Waals surface area contributed by atoms with Crippen molar-refractivity contribution in [2.75, 3.05) is 0 Å². The summed E-state index contributed by atoms with van der Waals surface area (Å²) < 4.78 is 33.4. The van der Waals surface area contributed by atoms with Crippen LogP contribution in [-0.2, 0) is 5.54 Å². The number of nitriles is 1. The molecule has 0 radical (unpaired) electrons. The molecular formula is C28H23F2N7O2. The molecule has 2 aromatic carbocycles. The molecule has 4 heterocycles. The molecule has 196 valence electrons. The molecule has 39 heavy (non-hydrogen) atoms. The average Bonchev–Trinajstić information content (AvgIpc) is 3.39. The van der Waals surface area contributed by atoms with Gasteiger partial charge in [0.05, 0.1) is 40.1 Å². The van der Waals surface area contributed by atoms with Gasteiger partial charge in [-0.05, 0) is 56.0 Å². The number of nitrogens with zero attached hydrogens (tertiary/aromatic N) is 5. The minimum Gasteiger partial charge on any atom is -0.434 e. The highest BCUT2D eigenvalue weighted by Gasteiger charge is 2.52. The zero-order chi connectivity index (χ0) is 27.1. The van der Waals surface area contributed by atoms with E-state index in [1.165, 1.54) is 6.07 Å². The molecule has 7 rings (SSSR count). The van der Waals surface area contributed by atoms with Crippen LogP contribution in [0.3, 0.4) is 0 Å². The van der Waals surface area contributed by atoms with E-state index in [4.69, 9.17) is 15.5 Å². The van der Waals surface area contributed by atoms with Crippen molar-refractivity contribution in [3.63, 3.8) is 0 Å². The summed E-state index contributed by atoms with van der Waals surface area (Å²) in [6.45, 7) is -1.13. The molecule has 2 aliphatic heterocycles. The van der Waals surface area contributed by atoms with Crippen LogP contribution in [0, 0.1) is 16.7 Å². The maximum atomic E-state index is 13.3. The summed E-state index contributed by atoms with van der Waals surface area (Å²) in [6.07, 6.45) is 4.91. The van der Waals surface area contributed by atoms with Gasteiger partial charge in [0.25, 0.3) is 5.91 Å². The Kier molecular flexibility index (Phi) is 4.88. The van der Waals surface area contributed by atoms with Crippen LogP contribution in [0.25, 0.3) is 22.2 Å². The molecule has 1 fully saturated rings. The second-order valence-corrected chi connectivity index (χ2v) is 10.9. The van der Waals surface area contributed by atoms with Crippen molar-refractivity contribution in [3.8, 4) is 22.9 Å². The molecule has 0 spiro atoms. The molecule has 2 aromatic heterocycles. The predicted molar refractivity (Wildman–Crippen MR) is 136 cm³/mol. The third-order valence-electron chi connectivity index (χ3n) is 8.08. The predicted octanol–water partition coefficient (Wildman–Crippen LogP) is 4.35. The van der Waals surface area contributed by atoms with Crippen molar-refractivity contribution in [2.24, 2.45) is 11.1 Å². The van der Waals surface area contributed by atoms with E-state index in [2.05, 4.69) is 21.4 Å². The SMILES string of the molecule is C[C@]1(C#N)C[C@@](N)(c2ncc(-c3ccc4nc5n(c4c3)[C@H]3C[C@H]5NC(=O)c4cccc(OC(F)F)c43)cn2)C1. The number of alkyl halides is 2. The van der Waals surface area contributed by atoms with Crippen LogP contribution < -0.4 is 15.8 Å². The topological polar surface area (TPSA) is 132 Å². The highest BCUT2D eigenvalue weighted by molar-refractivity contribution is 5.98. The number of amides is 1. The lowest BCUT2D eigenvalue weighted by Gasteiger charge is -2.47. The van der Waals surface area contributed by atoms with E-state index >= 15 is 0 Å². The fourth-order valence-corrected chi connectivity index (χ4v) is 6.50. The fraction of sp³-hybridized carbons (Fsp3) is 0.321. The van der Waals surface area contributed by atoms with Crippen molar-refractivity contribution < 1.29 is 18.3 Å². The molecule has 1 saturated carbocycles. The number of carbonyl (C=O) groups excluding carboxylic acids is 1. The Bertz CT molecular complexity index is 1700. The van der Waals surface area contributed by atoms with Crippen molar-refractivity contribution in [2.45, 2.75) is 50.4 Å². The first-order valence-electron chi connectivity index (χ1n) is 12.6. The second-order valence-electron chi connectivity index (χ2n) is 10.9. The van der Waals surface area contributed by atoms with Gasteiger partial charge in [0.15, 0.2) is 0 Å². The van der Waals surface area contributed by atoms with E-state index in [0.29, 0.717) is 42.0 Å². The number of imidazole rings is 1. The minimum absolute atomic E-state index is 0.0163. The Morgan fingerprint density at radius 3 is 2.69 bits per heavy atom. The quantitative estimate of drug-likeness (QED) is 0.403. The number of fused-ring (bicyclic) bond motifs is 9. The van der Waals surface area contributed by atoms with Crippen molar-refractivity contribution in [1.82, 2.24) is 24.8 Å². The zero-order valence-electron chi connectivity index (χ0n) is 20.9. The number of hydrogen-bond acceptors (Lipinski definition) is 7. The monoisotopic (exact) mass is 527 g/mol. The van der Waals surface area contributed by atoms with E-state index in [1.54, 1.807) is 24.5 Å². The first-order chi connectivity index (χ1) is 18.7. The van der Waals surface area contributed by atoms with Crippen molar-refractivity contribution in [1.29, 1.82) is 5.26 Å². The van der Waals surface area contributed by atoms with Crippen LogP contribution in [0.2, 0.25) is 0 Å². The lowest BCUT2D eigenvalue weighted by atomic mass is 9.59. The van der Waals surface area contributed by atoms with E-state index < -0.39 is 23.6 Å². The van der Waals surface area contributed by atoms with Crippen LogP contribution in [0.5, 0.6) is 5.75 Å². The molecule has 2 bridgehead atoms. The smallest absolute Gasteiger partial charge is 0.387 e. The van der Waals surface area contributed by atoms with E-state index in [1.807, 2.05) is 29.7 Å². The van der Waals surface area contributed by atoms with Crippen LogP contribution in [0.15, 0.2) is 48.8 Å². The summed E-state index contributed by atoms with van der Waals surface area (Å²) >= 11 is 0. The van der Waals surface area contributed by atoms with Gasteiger partial charge in [-0.15, -0.1) is 0 Å². The van der Waals surface area contributed by atoms with E-state index in [0.717, 1.165) is 22.2 Å². The van der Waals surface area contributed by atoms with Gasteiger partial charge in [0, 0.05) is 29.1 Å². The Balaban J connectivity index is 1.29. The number of ether oxygens (including phenoxy) is 1. The standard InChI is InChI=1S/C28H23F2N7O2/c1-27(13-31)11-28(32,12-27)25-33-9-15(10-34-25)14-5-6-17-19(7-14)37-20-8-18(23(37)35-17)36-24(38)16-3-2-4-21(22(16)20)39-26(29)30/h2-7,9-10,18,20,26H,8,11-12,32H2,1H3,(H,36,38)/t18-,20+,27-,28-/m1/s1. The lowest BCUT2D eigenvalue weighted by molar-refractivity contribution is -0.0507. The Hall–Kier alpha value is -4.43. The first kappa shape index (κ1) is 23.7. The zero-order valence-corrected chi connectivity index (χ0v) is 20.9. The summed E-state index contributed by atoms with van der Waals surface area (Å²) in [5.41, 5.74) is 9.16. The third-order valence-corrected chi connectivity index (χ3v) is 8.08. The number of nitrogens with one attached hydrogen (secondary N) is 1. The maximum absolute atomic E-state index is 13.3. The van der Waals surface area contributed by atoms with Gasteiger partial charge in [0.1, 0.15) is 17.4 Å². The second kappa shape index (κ2) is 8.04. The molecule has 4 aromatic rings. The number of aromatic nitrogens is 4. The van der Waals surface area contributed by atoms with Gasteiger partial charge in [-0.3, -0.25) is 4.79 Å². The lowest BCUT2D eigenvalue weighted by Crippen LogP contribution is -2.54. The molecule has 1 amide bonds. The summed E-state index contributed by atoms with van der Waals surface area (Å²) in [5, 5.41) is 12.3. The summed E-state index contributed by atoms with van der Waals surface area (Å²) in [4.78, 5) is 26.8. The van der Waals surface area contributed by atoms with Gasteiger partial charge in [-0.1, -0.05) is 12.1 Å². The summed E-state index contributed by atoms with van der Waals surface area (Å²) in [5.74, 6) is 0.819. The fourth-order valence-electron chi connectivity index (χ4n) is 6.50. The molecule has 11 heteroatoms. The van der Waals surface area contributed by atoms with Crippen LogP contribution in [0.4, 0.5) is 8.78 Å². The van der Waals surface area contributed by atoms with E-state index in [9.17, 15) is 18.8 Å². The molecule has 3 N–H and O–H groups in total. The molecule has 9 nitrogen and oxygen atoms in total. The molecular weight excluding hydrogens is 504 g/mol. The van der Waals surface area contributed by atoms with E-state index in [-0.39, 0.29) is 17.7 Å². The number of benzene rings is 2. The van der Waals surface area contributed by atoms with Crippen molar-refractivity contribution >= 4 is 16.9 Å². The normalized spacial score (nSPS) is 26.8. The van der Waals surface area contributed by atoms with Crippen LogP contribution in [-0.4, -0.2) is 32.0 Å². The molecule has 0 saturated heterocycles. The average molecular weight is 528 g/mol. The van der Waals surface area contributed by atoms with Gasteiger partial charge >= 0.3 is 6.61 Å². The van der Waals surface area contributed by atoms with Gasteiger partial charge in [-0.2, -0.15) is 14.0 Å².